The Kier molecular flexibility index (Phi) is 3.31. The Morgan fingerprint density at radius 3 is 2.76 bits per heavy atom. The molecule has 90 valence electrons. The van der Waals surface area contributed by atoms with Crippen LogP contribution in [0.5, 0.6) is 0 Å². The monoisotopic (exact) mass is 253 g/mol. The van der Waals surface area contributed by atoms with E-state index in [0.29, 0.717) is 17.1 Å². The maximum absolute atomic E-state index is 11.9. The molecule has 2 rings (SSSR count). The summed E-state index contributed by atoms with van der Waals surface area (Å²) in [4.78, 5) is 23.1. The number of carbonyl (C=O) groups is 2. The van der Waals surface area contributed by atoms with E-state index in [1.54, 1.807) is 24.3 Å². The molecule has 1 fully saturated rings. The molecule has 0 spiro atoms. The highest BCUT2D eigenvalue weighted by molar-refractivity contribution is 6.33. The van der Waals surface area contributed by atoms with Crippen LogP contribution in [0.15, 0.2) is 24.3 Å². The van der Waals surface area contributed by atoms with Crippen LogP contribution in [0.4, 0.5) is 0 Å². The number of nitrogens with one attached hydrogen (secondary N) is 2. The number of β-lactam (4-membered cyclic amide) rings is 1. The quantitative estimate of drug-likeness (QED) is 0.658. The molecular formula is C11H12ClN3O2. The van der Waals surface area contributed by atoms with E-state index in [4.69, 9.17) is 17.3 Å². The number of rotatable bonds is 3. The van der Waals surface area contributed by atoms with Crippen molar-refractivity contribution >= 4 is 23.4 Å². The highest BCUT2D eigenvalue weighted by Crippen LogP contribution is 2.15. The minimum absolute atomic E-state index is 0.200. The van der Waals surface area contributed by atoms with Gasteiger partial charge in [0.1, 0.15) is 6.04 Å². The fourth-order valence-corrected chi connectivity index (χ4v) is 1.89. The van der Waals surface area contributed by atoms with Gasteiger partial charge >= 0.3 is 0 Å². The fraction of sp³-hybridized carbons (Fsp3) is 0.273. The van der Waals surface area contributed by atoms with Gasteiger partial charge in [0.05, 0.1) is 16.6 Å². The zero-order chi connectivity index (χ0) is 12.4. The molecule has 2 amide bonds. The van der Waals surface area contributed by atoms with E-state index in [-0.39, 0.29) is 17.9 Å². The van der Waals surface area contributed by atoms with Crippen LogP contribution >= 0.6 is 11.6 Å². The number of hydrogen-bond donors (Lipinski definition) is 3. The molecule has 0 bridgehead atoms. The number of amides is 2. The number of hydrogen-bond acceptors (Lipinski definition) is 3. The predicted octanol–water partition coefficient (Wildman–Crippen LogP) is -0.104. The third-order valence-corrected chi connectivity index (χ3v) is 3.00. The molecule has 1 saturated heterocycles. The van der Waals surface area contributed by atoms with Gasteiger partial charge in [-0.3, -0.25) is 9.59 Å². The molecule has 0 aromatic heterocycles. The standard InChI is InChI=1S/C11H12ClN3O2/c12-7-4-2-1-3-6(7)10(16)15-9-8(5-13)14-11(9)17/h1-4,8-9H,5,13H2,(H,14,17)(H,15,16)/t8-,9+/m1/s1. The molecule has 17 heavy (non-hydrogen) atoms. The summed E-state index contributed by atoms with van der Waals surface area (Å²) in [5, 5.41) is 5.57. The van der Waals surface area contributed by atoms with E-state index in [1.165, 1.54) is 0 Å². The van der Waals surface area contributed by atoms with E-state index in [0.717, 1.165) is 0 Å². The zero-order valence-corrected chi connectivity index (χ0v) is 9.70. The van der Waals surface area contributed by atoms with Gasteiger partial charge in [0, 0.05) is 6.54 Å². The average Bonchev–Trinajstić information content (AvgIpc) is 2.33. The van der Waals surface area contributed by atoms with Crippen LogP contribution in [0.3, 0.4) is 0 Å². The topological polar surface area (TPSA) is 84.2 Å². The Hall–Kier alpha value is -1.59. The van der Waals surface area contributed by atoms with Gasteiger partial charge in [-0.2, -0.15) is 0 Å². The Balaban J connectivity index is 2.07. The van der Waals surface area contributed by atoms with Crippen LogP contribution in [0.2, 0.25) is 5.02 Å². The van der Waals surface area contributed by atoms with Gasteiger partial charge in [-0.1, -0.05) is 23.7 Å². The second kappa shape index (κ2) is 4.73. The third-order valence-electron chi connectivity index (χ3n) is 2.67. The molecule has 1 aromatic carbocycles. The van der Waals surface area contributed by atoms with Gasteiger partial charge < -0.3 is 16.4 Å². The Labute approximate surface area is 103 Å². The molecule has 1 heterocycles. The first-order valence-corrected chi connectivity index (χ1v) is 5.57. The molecule has 1 aromatic rings. The van der Waals surface area contributed by atoms with E-state index >= 15 is 0 Å². The van der Waals surface area contributed by atoms with Crippen LogP contribution in [0.25, 0.3) is 0 Å². The second-order valence-electron chi connectivity index (χ2n) is 3.78. The molecule has 6 heteroatoms. The fourth-order valence-electron chi connectivity index (χ4n) is 1.67. The lowest BCUT2D eigenvalue weighted by atomic mass is 9.99. The van der Waals surface area contributed by atoms with Crippen LogP contribution in [-0.2, 0) is 4.79 Å². The van der Waals surface area contributed by atoms with Gasteiger partial charge in [-0.05, 0) is 12.1 Å². The maximum atomic E-state index is 11.9. The maximum Gasteiger partial charge on any atom is 0.253 e. The van der Waals surface area contributed by atoms with Crippen molar-refractivity contribution in [2.75, 3.05) is 6.54 Å². The van der Waals surface area contributed by atoms with Gasteiger partial charge in [-0.25, -0.2) is 0 Å². The number of benzene rings is 1. The van der Waals surface area contributed by atoms with Gasteiger partial charge in [-0.15, -0.1) is 0 Å². The summed E-state index contributed by atoms with van der Waals surface area (Å²) in [6.07, 6.45) is 0. The first-order chi connectivity index (χ1) is 8.13. The lowest BCUT2D eigenvalue weighted by Crippen LogP contribution is -2.71. The largest absolute Gasteiger partial charge is 0.348 e. The molecule has 1 aliphatic rings. The smallest absolute Gasteiger partial charge is 0.253 e. The van der Waals surface area contributed by atoms with Crippen molar-refractivity contribution in [2.24, 2.45) is 5.73 Å². The van der Waals surface area contributed by atoms with Crippen LogP contribution in [0.1, 0.15) is 10.4 Å². The van der Waals surface area contributed by atoms with Crippen molar-refractivity contribution in [2.45, 2.75) is 12.1 Å². The van der Waals surface area contributed by atoms with Gasteiger partial charge in [0.15, 0.2) is 0 Å². The van der Waals surface area contributed by atoms with Crippen molar-refractivity contribution in [3.05, 3.63) is 34.9 Å². The SMILES string of the molecule is NC[C@H]1NC(=O)[C@H]1NC(=O)c1ccccc1Cl. The normalized spacial score (nSPS) is 22.6. The first kappa shape index (κ1) is 11.9. The summed E-state index contributed by atoms with van der Waals surface area (Å²) in [6.45, 7) is 0.291. The molecule has 0 saturated carbocycles. The number of carbonyl (C=O) groups excluding carboxylic acids is 2. The summed E-state index contributed by atoms with van der Waals surface area (Å²) in [5.74, 6) is -0.588. The molecular weight excluding hydrogens is 242 g/mol. The van der Waals surface area contributed by atoms with Gasteiger partial charge in [0.2, 0.25) is 5.91 Å². The summed E-state index contributed by atoms with van der Waals surface area (Å²) < 4.78 is 0. The number of nitrogens with two attached hydrogens (primary N) is 1. The zero-order valence-electron chi connectivity index (χ0n) is 8.94. The van der Waals surface area contributed by atoms with Crippen molar-refractivity contribution in [1.29, 1.82) is 0 Å². The number of halogens is 1. The van der Waals surface area contributed by atoms with Crippen LogP contribution in [0, 0.1) is 0 Å². The minimum atomic E-state index is -0.566. The third kappa shape index (κ3) is 2.25. The lowest BCUT2D eigenvalue weighted by molar-refractivity contribution is -0.131. The summed E-state index contributed by atoms with van der Waals surface area (Å²) in [7, 11) is 0. The first-order valence-electron chi connectivity index (χ1n) is 5.19. The van der Waals surface area contributed by atoms with Crippen molar-refractivity contribution in [3.8, 4) is 0 Å². The van der Waals surface area contributed by atoms with Crippen molar-refractivity contribution in [3.63, 3.8) is 0 Å². The van der Waals surface area contributed by atoms with E-state index in [1.807, 2.05) is 0 Å². The molecule has 0 radical (unpaired) electrons. The lowest BCUT2D eigenvalue weighted by Gasteiger charge is -2.36. The van der Waals surface area contributed by atoms with Crippen LogP contribution in [-0.4, -0.2) is 30.4 Å². The molecule has 5 nitrogen and oxygen atoms in total. The Morgan fingerprint density at radius 2 is 2.18 bits per heavy atom. The average molecular weight is 254 g/mol. The summed E-state index contributed by atoms with van der Waals surface area (Å²) in [5.41, 5.74) is 5.79. The predicted molar refractivity (Wildman–Crippen MR) is 63.7 cm³/mol. The highest BCUT2D eigenvalue weighted by atomic mass is 35.5. The minimum Gasteiger partial charge on any atom is -0.348 e. The highest BCUT2D eigenvalue weighted by Gasteiger charge is 2.39. The van der Waals surface area contributed by atoms with Crippen molar-refractivity contribution in [1.82, 2.24) is 10.6 Å². The summed E-state index contributed by atoms with van der Waals surface area (Å²) >= 11 is 5.88. The Morgan fingerprint density at radius 1 is 1.47 bits per heavy atom. The van der Waals surface area contributed by atoms with E-state index < -0.39 is 6.04 Å². The molecule has 0 unspecified atom stereocenters. The molecule has 1 aliphatic heterocycles. The molecule has 2 atom stereocenters. The van der Waals surface area contributed by atoms with E-state index in [2.05, 4.69) is 10.6 Å². The molecule has 4 N–H and O–H groups in total. The second-order valence-corrected chi connectivity index (χ2v) is 4.19. The van der Waals surface area contributed by atoms with Gasteiger partial charge in [0.25, 0.3) is 5.91 Å². The Bertz CT molecular complexity index is 464. The van der Waals surface area contributed by atoms with E-state index in [9.17, 15) is 9.59 Å². The molecule has 0 aliphatic carbocycles. The van der Waals surface area contributed by atoms with Crippen LogP contribution < -0.4 is 16.4 Å². The van der Waals surface area contributed by atoms with Crippen molar-refractivity contribution < 1.29 is 9.59 Å². The summed E-state index contributed by atoms with van der Waals surface area (Å²) in [6, 6.07) is 5.90.